The standard InChI is InChI=1S/C14H17NO3/c1-8-9(2)18-10(3)13(8)14(16)11-5-12(17-4)7-15-6-11/h5-7,14,16H,1-4H3. The van der Waals surface area contributed by atoms with Crippen molar-refractivity contribution in [1.29, 1.82) is 0 Å². The van der Waals surface area contributed by atoms with E-state index < -0.39 is 6.10 Å². The summed E-state index contributed by atoms with van der Waals surface area (Å²) in [6.07, 6.45) is 2.50. The normalized spacial score (nSPS) is 12.5. The predicted molar refractivity (Wildman–Crippen MR) is 67.8 cm³/mol. The van der Waals surface area contributed by atoms with Gasteiger partial charge in [-0.15, -0.1) is 0 Å². The van der Waals surface area contributed by atoms with Gasteiger partial charge in [-0.3, -0.25) is 4.98 Å². The van der Waals surface area contributed by atoms with Crippen molar-refractivity contribution in [2.75, 3.05) is 7.11 Å². The molecule has 0 aliphatic rings. The zero-order valence-electron chi connectivity index (χ0n) is 11.0. The second-order valence-corrected chi connectivity index (χ2v) is 4.31. The Morgan fingerprint density at radius 3 is 2.50 bits per heavy atom. The summed E-state index contributed by atoms with van der Waals surface area (Å²) in [6.45, 7) is 5.69. The summed E-state index contributed by atoms with van der Waals surface area (Å²) >= 11 is 0. The lowest BCUT2D eigenvalue weighted by Gasteiger charge is -2.12. The van der Waals surface area contributed by atoms with Gasteiger partial charge in [-0.05, 0) is 32.4 Å². The molecule has 0 bridgehead atoms. The van der Waals surface area contributed by atoms with Crippen molar-refractivity contribution >= 4 is 0 Å². The van der Waals surface area contributed by atoms with Gasteiger partial charge < -0.3 is 14.3 Å². The van der Waals surface area contributed by atoms with Gasteiger partial charge >= 0.3 is 0 Å². The average molecular weight is 247 g/mol. The SMILES string of the molecule is COc1cncc(C(O)c2c(C)oc(C)c2C)c1. The van der Waals surface area contributed by atoms with Crippen molar-refractivity contribution in [2.24, 2.45) is 0 Å². The summed E-state index contributed by atoms with van der Waals surface area (Å²) < 4.78 is 10.6. The number of hydrogen-bond donors (Lipinski definition) is 1. The average Bonchev–Trinajstić information content (AvgIpc) is 2.62. The molecule has 1 atom stereocenters. The van der Waals surface area contributed by atoms with Crippen LogP contribution in [0.5, 0.6) is 5.75 Å². The van der Waals surface area contributed by atoms with Gasteiger partial charge in [0.2, 0.25) is 0 Å². The predicted octanol–water partition coefficient (Wildman–Crippen LogP) is 2.69. The number of aliphatic hydroxyl groups is 1. The summed E-state index contributed by atoms with van der Waals surface area (Å²) in [7, 11) is 1.58. The minimum Gasteiger partial charge on any atom is -0.495 e. The quantitative estimate of drug-likeness (QED) is 0.906. The molecule has 96 valence electrons. The van der Waals surface area contributed by atoms with E-state index in [0.717, 1.165) is 22.6 Å². The van der Waals surface area contributed by atoms with Gasteiger partial charge in [0, 0.05) is 17.3 Å². The largest absolute Gasteiger partial charge is 0.495 e. The molecule has 0 radical (unpaired) electrons. The molecule has 2 aromatic rings. The Morgan fingerprint density at radius 1 is 1.22 bits per heavy atom. The number of nitrogens with zero attached hydrogens (tertiary/aromatic N) is 1. The van der Waals surface area contributed by atoms with Crippen LogP contribution in [0.3, 0.4) is 0 Å². The smallest absolute Gasteiger partial charge is 0.137 e. The minimum atomic E-state index is -0.745. The summed E-state index contributed by atoms with van der Waals surface area (Å²) in [4.78, 5) is 4.05. The number of pyridine rings is 1. The number of furan rings is 1. The minimum absolute atomic E-state index is 0.627. The van der Waals surface area contributed by atoms with E-state index in [9.17, 15) is 5.11 Å². The van der Waals surface area contributed by atoms with E-state index >= 15 is 0 Å². The summed E-state index contributed by atoms with van der Waals surface area (Å²) in [5, 5.41) is 10.4. The molecule has 4 nitrogen and oxygen atoms in total. The van der Waals surface area contributed by atoms with Gasteiger partial charge in [0.1, 0.15) is 23.4 Å². The van der Waals surface area contributed by atoms with Crippen LogP contribution in [0.25, 0.3) is 0 Å². The van der Waals surface area contributed by atoms with Crippen LogP contribution in [0.4, 0.5) is 0 Å². The second-order valence-electron chi connectivity index (χ2n) is 4.31. The molecule has 0 saturated carbocycles. The summed E-state index contributed by atoms with van der Waals surface area (Å²) in [5.41, 5.74) is 2.48. The van der Waals surface area contributed by atoms with Crippen LogP contribution in [0.2, 0.25) is 0 Å². The zero-order valence-corrected chi connectivity index (χ0v) is 11.0. The zero-order chi connectivity index (χ0) is 13.3. The lowest BCUT2D eigenvalue weighted by atomic mass is 9.99. The van der Waals surface area contributed by atoms with E-state index in [1.54, 1.807) is 25.6 Å². The highest BCUT2D eigenvalue weighted by Gasteiger charge is 2.21. The molecule has 1 N–H and O–H groups in total. The van der Waals surface area contributed by atoms with Crippen molar-refractivity contribution in [3.63, 3.8) is 0 Å². The van der Waals surface area contributed by atoms with Crippen LogP contribution >= 0.6 is 0 Å². The number of ether oxygens (including phenoxy) is 1. The van der Waals surface area contributed by atoms with E-state index in [1.165, 1.54) is 0 Å². The molecular formula is C14H17NO3. The van der Waals surface area contributed by atoms with E-state index in [1.807, 2.05) is 20.8 Å². The van der Waals surface area contributed by atoms with Gasteiger partial charge in [0.25, 0.3) is 0 Å². The number of hydrogen-bond acceptors (Lipinski definition) is 4. The van der Waals surface area contributed by atoms with Crippen LogP contribution in [0.1, 0.15) is 34.3 Å². The second kappa shape index (κ2) is 4.82. The molecule has 0 aromatic carbocycles. The number of aliphatic hydroxyl groups excluding tert-OH is 1. The molecule has 0 saturated heterocycles. The van der Waals surface area contributed by atoms with Crippen LogP contribution in [-0.2, 0) is 0 Å². The van der Waals surface area contributed by atoms with Crippen molar-refractivity contribution in [1.82, 2.24) is 4.98 Å². The molecule has 2 heterocycles. The Balaban J connectivity index is 2.44. The van der Waals surface area contributed by atoms with Crippen LogP contribution in [-0.4, -0.2) is 17.2 Å². The highest BCUT2D eigenvalue weighted by Crippen LogP contribution is 2.31. The molecule has 1 unspecified atom stereocenters. The maximum Gasteiger partial charge on any atom is 0.137 e. The van der Waals surface area contributed by atoms with Gasteiger partial charge in [0.05, 0.1) is 13.3 Å². The number of aryl methyl sites for hydroxylation is 2. The van der Waals surface area contributed by atoms with Gasteiger partial charge in [-0.2, -0.15) is 0 Å². The van der Waals surface area contributed by atoms with Crippen molar-refractivity contribution in [3.05, 3.63) is 46.7 Å². The Hall–Kier alpha value is -1.81. The number of rotatable bonds is 3. The van der Waals surface area contributed by atoms with E-state index in [4.69, 9.17) is 9.15 Å². The van der Waals surface area contributed by atoms with Crippen molar-refractivity contribution < 1.29 is 14.3 Å². The van der Waals surface area contributed by atoms with Gasteiger partial charge in [0.15, 0.2) is 0 Å². The Morgan fingerprint density at radius 2 is 1.94 bits per heavy atom. The first-order valence-electron chi connectivity index (χ1n) is 5.78. The van der Waals surface area contributed by atoms with Crippen molar-refractivity contribution in [2.45, 2.75) is 26.9 Å². The highest BCUT2D eigenvalue weighted by atomic mass is 16.5. The van der Waals surface area contributed by atoms with Crippen molar-refractivity contribution in [3.8, 4) is 5.75 Å². The summed E-state index contributed by atoms with van der Waals surface area (Å²) in [5.74, 6) is 2.19. The first-order chi connectivity index (χ1) is 8.54. The third-order valence-electron chi connectivity index (χ3n) is 3.18. The first-order valence-corrected chi connectivity index (χ1v) is 5.78. The van der Waals surface area contributed by atoms with E-state index in [2.05, 4.69) is 4.98 Å². The molecule has 0 aliphatic heterocycles. The Bertz CT molecular complexity index is 560. The molecule has 0 spiro atoms. The van der Waals surface area contributed by atoms with Gasteiger partial charge in [-0.1, -0.05) is 0 Å². The Kier molecular flexibility index (Phi) is 3.39. The monoisotopic (exact) mass is 247 g/mol. The topological polar surface area (TPSA) is 55.5 Å². The molecular weight excluding hydrogens is 230 g/mol. The maximum absolute atomic E-state index is 10.4. The Labute approximate surface area is 106 Å². The third kappa shape index (κ3) is 2.11. The molecule has 0 amide bonds. The fourth-order valence-corrected chi connectivity index (χ4v) is 2.08. The maximum atomic E-state index is 10.4. The molecule has 18 heavy (non-hydrogen) atoms. The molecule has 4 heteroatoms. The first kappa shape index (κ1) is 12.6. The van der Waals surface area contributed by atoms with Crippen LogP contribution in [0, 0.1) is 20.8 Å². The molecule has 0 fully saturated rings. The molecule has 2 rings (SSSR count). The number of methoxy groups -OCH3 is 1. The molecule has 0 aliphatic carbocycles. The van der Waals surface area contributed by atoms with E-state index in [-0.39, 0.29) is 0 Å². The highest BCUT2D eigenvalue weighted by molar-refractivity contribution is 5.39. The molecule has 2 aromatic heterocycles. The van der Waals surface area contributed by atoms with Crippen LogP contribution in [0.15, 0.2) is 22.9 Å². The fraction of sp³-hybridized carbons (Fsp3) is 0.357. The third-order valence-corrected chi connectivity index (χ3v) is 3.18. The lowest BCUT2D eigenvalue weighted by molar-refractivity contribution is 0.216. The van der Waals surface area contributed by atoms with Crippen LogP contribution < -0.4 is 4.74 Å². The summed E-state index contributed by atoms with van der Waals surface area (Å²) in [6, 6.07) is 1.78. The number of aromatic nitrogens is 1. The fourth-order valence-electron chi connectivity index (χ4n) is 2.08. The lowest BCUT2D eigenvalue weighted by Crippen LogP contribution is -2.03. The van der Waals surface area contributed by atoms with Gasteiger partial charge in [-0.25, -0.2) is 0 Å². The van der Waals surface area contributed by atoms with E-state index in [0.29, 0.717) is 11.3 Å².